The zero-order chi connectivity index (χ0) is 14.4. The topological polar surface area (TPSA) is 71.5 Å². The maximum absolute atomic E-state index is 12.6. The number of aromatic nitrogens is 1. The molecule has 0 aromatic carbocycles. The van der Waals surface area contributed by atoms with Gasteiger partial charge in [-0.15, -0.1) is 0 Å². The van der Waals surface area contributed by atoms with E-state index in [2.05, 4.69) is 6.92 Å². The molecule has 0 spiro atoms. The zero-order valence-electron chi connectivity index (χ0n) is 12.1. The molecule has 1 rings (SSSR count). The number of nitrogens with zero attached hydrogens (tertiary/aromatic N) is 2. The Morgan fingerprint density at radius 3 is 2.74 bits per heavy atom. The first-order valence-corrected chi connectivity index (χ1v) is 6.88. The van der Waals surface area contributed by atoms with Gasteiger partial charge in [0.1, 0.15) is 5.69 Å². The van der Waals surface area contributed by atoms with Crippen LogP contribution in [-0.2, 0) is 6.54 Å². The van der Waals surface area contributed by atoms with E-state index >= 15 is 0 Å². The molecule has 5 nitrogen and oxygen atoms in total. The lowest BCUT2D eigenvalue weighted by Gasteiger charge is -2.27. The van der Waals surface area contributed by atoms with E-state index < -0.39 is 0 Å². The van der Waals surface area contributed by atoms with Gasteiger partial charge in [-0.1, -0.05) is 6.92 Å². The van der Waals surface area contributed by atoms with Crippen molar-refractivity contribution in [1.82, 2.24) is 9.47 Å². The Bertz CT molecular complexity index is 413. The van der Waals surface area contributed by atoms with Crippen molar-refractivity contribution in [2.45, 2.75) is 46.2 Å². The summed E-state index contributed by atoms with van der Waals surface area (Å²) in [5.41, 5.74) is 7.04. The first-order chi connectivity index (χ1) is 9.01. The van der Waals surface area contributed by atoms with Gasteiger partial charge in [-0.2, -0.15) is 0 Å². The van der Waals surface area contributed by atoms with E-state index in [0.29, 0.717) is 24.3 Å². The van der Waals surface area contributed by atoms with E-state index in [1.54, 1.807) is 17.2 Å². The standard InChI is InChI=1S/C14H25N3O2/c1-4-6-16-10-12(15)9-13(16)14(19)17(11(2)3)7-5-8-18/h9-11,18H,4-8,15H2,1-3H3. The van der Waals surface area contributed by atoms with E-state index in [4.69, 9.17) is 10.8 Å². The average Bonchev–Trinajstić information content (AvgIpc) is 2.70. The second-order valence-corrected chi connectivity index (χ2v) is 5.02. The molecule has 5 heteroatoms. The van der Waals surface area contributed by atoms with Gasteiger partial charge in [0, 0.05) is 31.9 Å². The van der Waals surface area contributed by atoms with Gasteiger partial charge in [0.25, 0.3) is 5.91 Å². The second kappa shape index (κ2) is 7.19. The van der Waals surface area contributed by atoms with Gasteiger partial charge in [-0.25, -0.2) is 0 Å². The Kier molecular flexibility index (Phi) is 5.89. The third kappa shape index (κ3) is 3.99. The van der Waals surface area contributed by atoms with Crippen LogP contribution in [0.1, 0.15) is 44.1 Å². The van der Waals surface area contributed by atoms with Crippen molar-refractivity contribution in [3.05, 3.63) is 18.0 Å². The van der Waals surface area contributed by atoms with Crippen molar-refractivity contribution >= 4 is 11.6 Å². The van der Waals surface area contributed by atoms with Gasteiger partial charge in [-0.05, 0) is 32.8 Å². The number of nitrogen functional groups attached to an aromatic ring is 1. The molecular weight excluding hydrogens is 242 g/mol. The fourth-order valence-corrected chi connectivity index (χ4v) is 2.12. The monoisotopic (exact) mass is 267 g/mol. The fraction of sp³-hybridized carbons (Fsp3) is 0.643. The fourth-order valence-electron chi connectivity index (χ4n) is 2.12. The predicted octanol–water partition coefficient (Wildman–Crippen LogP) is 1.71. The SMILES string of the molecule is CCCn1cc(N)cc1C(=O)N(CCCO)C(C)C. The maximum atomic E-state index is 12.6. The summed E-state index contributed by atoms with van der Waals surface area (Å²) in [7, 11) is 0. The van der Waals surface area contributed by atoms with Gasteiger partial charge in [0.15, 0.2) is 0 Å². The summed E-state index contributed by atoms with van der Waals surface area (Å²) in [6.45, 7) is 7.46. The van der Waals surface area contributed by atoms with Crippen LogP contribution < -0.4 is 5.73 Å². The Labute approximate surface area is 115 Å². The molecule has 0 aliphatic heterocycles. The molecule has 0 radical (unpaired) electrons. The zero-order valence-corrected chi connectivity index (χ0v) is 12.1. The number of hydrogen-bond donors (Lipinski definition) is 2. The third-order valence-electron chi connectivity index (χ3n) is 3.04. The largest absolute Gasteiger partial charge is 0.397 e. The molecule has 0 unspecified atom stereocenters. The Balaban J connectivity index is 2.95. The molecule has 1 heterocycles. The van der Waals surface area contributed by atoms with Gasteiger partial charge in [0.2, 0.25) is 0 Å². The van der Waals surface area contributed by atoms with Gasteiger partial charge in [-0.3, -0.25) is 4.79 Å². The normalized spacial score (nSPS) is 11.0. The van der Waals surface area contributed by atoms with E-state index in [-0.39, 0.29) is 18.6 Å². The van der Waals surface area contributed by atoms with Gasteiger partial charge in [0.05, 0.1) is 5.69 Å². The molecule has 3 N–H and O–H groups in total. The second-order valence-electron chi connectivity index (χ2n) is 5.02. The van der Waals surface area contributed by atoms with E-state index in [1.165, 1.54) is 0 Å². The predicted molar refractivity (Wildman–Crippen MR) is 77.0 cm³/mol. The third-order valence-corrected chi connectivity index (χ3v) is 3.04. The number of hydrogen-bond acceptors (Lipinski definition) is 3. The van der Waals surface area contributed by atoms with Crippen molar-refractivity contribution in [3.63, 3.8) is 0 Å². The Hall–Kier alpha value is -1.49. The smallest absolute Gasteiger partial charge is 0.270 e. The lowest BCUT2D eigenvalue weighted by molar-refractivity contribution is 0.0682. The van der Waals surface area contributed by atoms with Crippen LogP contribution in [-0.4, -0.2) is 39.7 Å². The molecule has 0 aliphatic carbocycles. The molecule has 1 aromatic rings. The number of anilines is 1. The minimum absolute atomic E-state index is 0.0198. The van der Waals surface area contributed by atoms with E-state index in [0.717, 1.165) is 13.0 Å². The summed E-state index contributed by atoms with van der Waals surface area (Å²) in [6, 6.07) is 1.83. The lowest BCUT2D eigenvalue weighted by atomic mass is 10.2. The Morgan fingerprint density at radius 1 is 1.53 bits per heavy atom. The number of aliphatic hydroxyl groups excluding tert-OH is 1. The highest BCUT2D eigenvalue weighted by atomic mass is 16.3. The summed E-state index contributed by atoms with van der Waals surface area (Å²) in [4.78, 5) is 14.3. The van der Waals surface area contributed by atoms with Crippen LogP contribution in [0.25, 0.3) is 0 Å². The molecule has 0 fully saturated rings. The minimum Gasteiger partial charge on any atom is -0.397 e. The van der Waals surface area contributed by atoms with Crippen LogP contribution in [0.5, 0.6) is 0 Å². The van der Waals surface area contributed by atoms with Gasteiger partial charge >= 0.3 is 0 Å². The highest BCUT2D eigenvalue weighted by molar-refractivity contribution is 5.94. The molecule has 19 heavy (non-hydrogen) atoms. The Morgan fingerprint density at radius 2 is 2.21 bits per heavy atom. The van der Waals surface area contributed by atoms with Crippen LogP contribution in [0, 0.1) is 0 Å². The number of aliphatic hydroxyl groups is 1. The molecule has 1 aromatic heterocycles. The molecule has 1 amide bonds. The minimum atomic E-state index is -0.0198. The highest BCUT2D eigenvalue weighted by Crippen LogP contribution is 2.15. The summed E-state index contributed by atoms with van der Waals surface area (Å²) < 4.78 is 1.91. The van der Waals surface area contributed by atoms with Crippen molar-refractivity contribution in [2.75, 3.05) is 18.9 Å². The summed E-state index contributed by atoms with van der Waals surface area (Å²) in [5, 5.41) is 8.93. The van der Waals surface area contributed by atoms with Crippen molar-refractivity contribution in [1.29, 1.82) is 0 Å². The molecule has 108 valence electrons. The number of nitrogens with two attached hydrogens (primary N) is 1. The average molecular weight is 267 g/mol. The number of rotatable bonds is 7. The summed E-state index contributed by atoms with van der Waals surface area (Å²) >= 11 is 0. The van der Waals surface area contributed by atoms with Crippen molar-refractivity contribution < 1.29 is 9.90 Å². The first kappa shape index (κ1) is 15.6. The number of carbonyl (C=O) groups is 1. The molecule has 0 bridgehead atoms. The maximum Gasteiger partial charge on any atom is 0.270 e. The number of carbonyl (C=O) groups excluding carboxylic acids is 1. The first-order valence-electron chi connectivity index (χ1n) is 6.88. The van der Waals surface area contributed by atoms with Crippen molar-refractivity contribution in [3.8, 4) is 0 Å². The molecular formula is C14H25N3O2. The molecule has 0 aliphatic rings. The van der Waals surface area contributed by atoms with Crippen LogP contribution in [0.2, 0.25) is 0 Å². The van der Waals surface area contributed by atoms with Gasteiger partial charge < -0.3 is 20.3 Å². The van der Waals surface area contributed by atoms with Crippen LogP contribution in [0.3, 0.4) is 0 Å². The van der Waals surface area contributed by atoms with Crippen LogP contribution in [0.4, 0.5) is 5.69 Å². The summed E-state index contributed by atoms with van der Waals surface area (Å²) in [5.74, 6) is -0.0198. The molecule has 0 saturated carbocycles. The highest BCUT2D eigenvalue weighted by Gasteiger charge is 2.21. The number of amides is 1. The molecule has 0 saturated heterocycles. The van der Waals surface area contributed by atoms with E-state index in [1.807, 2.05) is 18.4 Å². The number of aryl methyl sites for hydroxylation is 1. The van der Waals surface area contributed by atoms with Crippen LogP contribution in [0.15, 0.2) is 12.3 Å². The van der Waals surface area contributed by atoms with Crippen LogP contribution >= 0.6 is 0 Å². The van der Waals surface area contributed by atoms with E-state index in [9.17, 15) is 4.79 Å². The molecule has 0 atom stereocenters. The summed E-state index contributed by atoms with van der Waals surface area (Å²) in [6.07, 6.45) is 3.35. The quantitative estimate of drug-likeness (QED) is 0.790. The van der Waals surface area contributed by atoms with Crippen molar-refractivity contribution in [2.24, 2.45) is 0 Å². The lowest BCUT2D eigenvalue weighted by Crippen LogP contribution is -2.39.